The Labute approximate surface area is 137 Å². The summed E-state index contributed by atoms with van der Waals surface area (Å²) >= 11 is 0. The molecule has 0 bridgehead atoms. The number of benzene rings is 2. The molecule has 0 saturated carbocycles. The molecule has 0 fully saturated rings. The summed E-state index contributed by atoms with van der Waals surface area (Å²) in [5.74, 6) is 0.250. The highest BCUT2D eigenvalue weighted by Crippen LogP contribution is 2.25. The van der Waals surface area contributed by atoms with Crippen LogP contribution in [0.2, 0.25) is 0 Å². The van der Waals surface area contributed by atoms with Gasteiger partial charge in [-0.3, -0.25) is 4.79 Å². The number of carbonyl (C=O) groups excluding carboxylic acids is 1. The summed E-state index contributed by atoms with van der Waals surface area (Å²) in [5.41, 5.74) is 1.54. The second-order valence-corrected chi connectivity index (χ2v) is 6.52. The van der Waals surface area contributed by atoms with Crippen LogP contribution < -0.4 is 0 Å². The first kappa shape index (κ1) is 15.5. The van der Waals surface area contributed by atoms with E-state index in [4.69, 9.17) is 4.74 Å². The number of Topliss-reactive ketones (excluding diaryl/α,β-unsaturated/α-hetero) is 1. The Morgan fingerprint density at radius 1 is 1.09 bits per heavy atom. The summed E-state index contributed by atoms with van der Waals surface area (Å²) < 4.78 is 5.77. The fourth-order valence-electron chi connectivity index (χ4n) is 2.74. The van der Waals surface area contributed by atoms with Gasteiger partial charge in [-0.1, -0.05) is 60.7 Å². The molecule has 1 heterocycles. The monoisotopic (exact) mass is 307 g/mol. The van der Waals surface area contributed by atoms with Gasteiger partial charge in [0.1, 0.15) is 12.5 Å². The Morgan fingerprint density at radius 2 is 1.70 bits per heavy atom. The molecule has 3 nitrogen and oxygen atoms in total. The molecule has 1 aliphatic heterocycles. The minimum atomic E-state index is -0.374. The first-order valence-electron chi connectivity index (χ1n) is 7.91. The van der Waals surface area contributed by atoms with Crippen LogP contribution in [-0.4, -0.2) is 23.8 Å². The van der Waals surface area contributed by atoms with Crippen LogP contribution in [-0.2, 0) is 11.2 Å². The van der Waals surface area contributed by atoms with Crippen molar-refractivity contribution in [1.82, 2.24) is 0 Å². The maximum absolute atomic E-state index is 13.0. The molecule has 0 amide bonds. The predicted molar refractivity (Wildman–Crippen MR) is 91.9 cm³/mol. The number of hydrogen-bond acceptors (Lipinski definition) is 3. The van der Waals surface area contributed by atoms with E-state index >= 15 is 0 Å². The molecule has 0 spiro atoms. The summed E-state index contributed by atoms with van der Waals surface area (Å²) in [7, 11) is 0. The molecule has 1 unspecified atom stereocenters. The van der Waals surface area contributed by atoms with Crippen molar-refractivity contribution in [2.24, 2.45) is 10.9 Å². The lowest BCUT2D eigenvalue weighted by Crippen LogP contribution is -2.27. The van der Waals surface area contributed by atoms with E-state index in [1.807, 2.05) is 74.5 Å². The van der Waals surface area contributed by atoms with Gasteiger partial charge in [0, 0.05) is 5.56 Å². The van der Waals surface area contributed by atoms with Crippen LogP contribution in [0.4, 0.5) is 0 Å². The second kappa shape index (κ2) is 6.37. The standard InChI is InChI=1S/C20H21NO2/c1-20(2)14-23-19(21-20)17(13-15-9-5-3-6-10-15)18(22)16-11-7-4-8-12-16/h3-12,17H,13-14H2,1-2H3. The smallest absolute Gasteiger partial charge is 0.195 e. The highest BCUT2D eigenvalue weighted by Gasteiger charge is 2.35. The van der Waals surface area contributed by atoms with Crippen LogP contribution in [0, 0.1) is 5.92 Å². The zero-order valence-corrected chi connectivity index (χ0v) is 13.5. The summed E-state index contributed by atoms with van der Waals surface area (Å²) in [6.07, 6.45) is 0.601. The van der Waals surface area contributed by atoms with Crippen molar-refractivity contribution in [3.05, 3.63) is 71.8 Å². The van der Waals surface area contributed by atoms with E-state index < -0.39 is 0 Å². The summed E-state index contributed by atoms with van der Waals surface area (Å²) in [6.45, 7) is 4.56. The van der Waals surface area contributed by atoms with Crippen LogP contribution in [0.1, 0.15) is 29.8 Å². The highest BCUT2D eigenvalue weighted by atomic mass is 16.5. The average Bonchev–Trinajstić information content (AvgIpc) is 2.93. The quantitative estimate of drug-likeness (QED) is 0.785. The van der Waals surface area contributed by atoms with E-state index in [1.54, 1.807) is 0 Å². The Balaban J connectivity index is 1.92. The highest BCUT2D eigenvalue weighted by molar-refractivity contribution is 6.10. The maximum atomic E-state index is 13.0. The fraction of sp³-hybridized carbons (Fsp3) is 0.300. The average molecular weight is 307 g/mol. The molecular weight excluding hydrogens is 286 g/mol. The van der Waals surface area contributed by atoms with E-state index in [0.29, 0.717) is 24.5 Å². The van der Waals surface area contributed by atoms with E-state index in [2.05, 4.69) is 4.99 Å². The number of nitrogens with zero attached hydrogens (tertiary/aromatic N) is 1. The van der Waals surface area contributed by atoms with E-state index in [0.717, 1.165) is 5.56 Å². The summed E-state index contributed by atoms with van der Waals surface area (Å²) in [5, 5.41) is 0. The van der Waals surface area contributed by atoms with Gasteiger partial charge in [-0.15, -0.1) is 0 Å². The van der Waals surface area contributed by atoms with Crippen molar-refractivity contribution in [3.63, 3.8) is 0 Å². The first-order chi connectivity index (χ1) is 11.1. The lowest BCUT2D eigenvalue weighted by Gasteiger charge is -2.16. The number of aliphatic imine (C=N–C) groups is 1. The zero-order chi connectivity index (χ0) is 16.3. The summed E-state index contributed by atoms with van der Waals surface area (Å²) in [4.78, 5) is 17.6. The number of ether oxygens (including phenoxy) is 1. The molecule has 0 aromatic heterocycles. The molecule has 0 aliphatic carbocycles. The molecule has 1 aliphatic rings. The van der Waals surface area contributed by atoms with Crippen molar-refractivity contribution < 1.29 is 9.53 Å². The summed E-state index contributed by atoms with van der Waals surface area (Å²) in [6, 6.07) is 19.4. The molecule has 0 saturated heterocycles. The van der Waals surface area contributed by atoms with Crippen LogP contribution in [0.3, 0.4) is 0 Å². The molecule has 0 N–H and O–H groups in total. The van der Waals surface area contributed by atoms with Crippen molar-refractivity contribution in [1.29, 1.82) is 0 Å². The SMILES string of the molecule is CC1(C)COC(C(Cc2ccccc2)C(=O)c2ccccc2)=N1. The Hall–Kier alpha value is -2.42. The molecule has 23 heavy (non-hydrogen) atoms. The predicted octanol–water partition coefficient (Wildman–Crippen LogP) is 3.94. The minimum absolute atomic E-state index is 0.0610. The third-order valence-electron chi connectivity index (χ3n) is 3.94. The lowest BCUT2D eigenvalue weighted by atomic mass is 9.91. The molecule has 2 aromatic rings. The van der Waals surface area contributed by atoms with Crippen LogP contribution in [0.5, 0.6) is 0 Å². The molecule has 3 rings (SSSR count). The van der Waals surface area contributed by atoms with Gasteiger partial charge in [-0.25, -0.2) is 4.99 Å². The first-order valence-corrected chi connectivity index (χ1v) is 7.91. The van der Waals surface area contributed by atoms with E-state index in [1.165, 1.54) is 0 Å². The maximum Gasteiger partial charge on any atom is 0.195 e. The van der Waals surface area contributed by atoms with Gasteiger partial charge < -0.3 is 4.74 Å². The van der Waals surface area contributed by atoms with Gasteiger partial charge in [0.2, 0.25) is 0 Å². The van der Waals surface area contributed by atoms with Crippen molar-refractivity contribution in [2.75, 3.05) is 6.61 Å². The topological polar surface area (TPSA) is 38.7 Å². The Morgan fingerprint density at radius 3 is 2.26 bits per heavy atom. The van der Waals surface area contributed by atoms with Gasteiger partial charge in [-0.2, -0.15) is 0 Å². The zero-order valence-electron chi connectivity index (χ0n) is 13.5. The number of hydrogen-bond donors (Lipinski definition) is 0. The van der Waals surface area contributed by atoms with Crippen LogP contribution >= 0.6 is 0 Å². The number of carbonyl (C=O) groups is 1. The van der Waals surface area contributed by atoms with Crippen LogP contribution in [0.15, 0.2) is 65.7 Å². The third-order valence-corrected chi connectivity index (χ3v) is 3.94. The van der Waals surface area contributed by atoms with E-state index in [-0.39, 0.29) is 17.2 Å². The third kappa shape index (κ3) is 3.67. The Bertz CT molecular complexity index is 705. The number of rotatable bonds is 5. The van der Waals surface area contributed by atoms with Gasteiger partial charge >= 0.3 is 0 Å². The van der Waals surface area contributed by atoms with Crippen molar-refractivity contribution in [3.8, 4) is 0 Å². The second-order valence-electron chi connectivity index (χ2n) is 6.52. The molecule has 1 atom stereocenters. The Kier molecular flexibility index (Phi) is 4.28. The van der Waals surface area contributed by atoms with Crippen molar-refractivity contribution >= 4 is 11.7 Å². The van der Waals surface area contributed by atoms with Crippen molar-refractivity contribution in [2.45, 2.75) is 25.8 Å². The lowest BCUT2D eigenvalue weighted by molar-refractivity contribution is 0.0941. The van der Waals surface area contributed by atoms with Gasteiger partial charge in [0.25, 0.3) is 0 Å². The fourth-order valence-corrected chi connectivity index (χ4v) is 2.74. The normalized spacial score (nSPS) is 17.2. The minimum Gasteiger partial charge on any atom is -0.478 e. The molecule has 0 radical (unpaired) electrons. The van der Waals surface area contributed by atoms with Gasteiger partial charge in [0.15, 0.2) is 11.7 Å². The molecule has 118 valence electrons. The largest absolute Gasteiger partial charge is 0.478 e. The van der Waals surface area contributed by atoms with Gasteiger partial charge in [-0.05, 0) is 25.8 Å². The van der Waals surface area contributed by atoms with Gasteiger partial charge in [0.05, 0.1) is 5.54 Å². The molecule has 2 aromatic carbocycles. The number of ketones is 1. The van der Waals surface area contributed by atoms with Crippen LogP contribution in [0.25, 0.3) is 0 Å². The molecule has 3 heteroatoms. The van der Waals surface area contributed by atoms with E-state index in [9.17, 15) is 4.79 Å². The molecular formula is C20H21NO2.